The van der Waals surface area contributed by atoms with Gasteiger partial charge in [-0.15, -0.1) is 0 Å². The van der Waals surface area contributed by atoms with E-state index in [1.54, 1.807) is 11.1 Å². The Kier molecular flexibility index (Phi) is 3.60. The van der Waals surface area contributed by atoms with Gasteiger partial charge < -0.3 is 10.1 Å². The minimum absolute atomic E-state index is 0.827. The van der Waals surface area contributed by atoms with E-state index in [1.807, 2.05) is 0 Å². The first-order valence-corrected chi connectivity index (χ1v) is 5.85. The van der Waals surface area contributed by atoms with Gasteiger partial charge in [-0.25, -0.2) is 0 Å². The quantitative estimate of drug-likeness (QED) is 0.647. The molecule has 0 aliphatic carbocycles. The molecule has 0 aromatic heterocycles. The van der Waals surface area contributed by atoms with Gasteiger partial charge >= 0.3 is 0 Å². The van der Waals surface area contributed by atoms with Gasteiger partial charge in [0.2, 0.25) is 0 Å². The highest BCUT2D eigenvalue weighted by molar-refractivity contribution is 5.17. The van der Waals surface area contributed by atoms with Crippen LogP contribution in [0.25, 0.3) is 0 Å². The summed E-state index contributed by atoms with van der Waals surface area (Å²) in [5.41, 5.74) is 3.22. The number of rotatable bonds is 1. The van der Waals surface area contributed by atoms with E-state index in [1.165, 1.54) is 38.8 Å². The predicted octanol–water partition coefficient (Wildman–Crippen LogP) is 2.11. The third-order valence-electron chi connectivity index (χ3n) is 3.55. The van der Waals surface area contributed by atoms with E-state index >= 15 is 0 Å². The molecule has 2 heteroatoms. The van der Waals surface area contributed by atoms with Crippen LogP contribution in [0.5, 0.6) is 0 Å². The van der Waals surface area contributed by atoms with Crippen molar-refractivity contribution in [2.45, 2.75) is 32.6 Å². The second-order valence-corrected chi connectivity index (χ2v) is 4.47. The maximum absolute atomic E-state index is 5.52. The zero-order chi connectivity index (χ0) is 9.80. The Bertz CT molecular complexity index is 208. The molecular weight excluding hydrogens is 174 g/mol. The summed E-state index contributed by atoms with van der Waals surface area (Å²) >= 11 is 0. The van der Waals surface area contributed by atoms with Crippen LogP contribution >= 0.6 is 0 Å². The maximum atomic E-state index is 5.52. The molecule has 0 saturated carbocycles. The van der Waals surface area contributed by atoms with Crippen LogP contribution in [0.15, 0.2) is 11.1 Å². The fourth-order valence-electron chi connectivity index (χ4n) is 2.51. The van der Waals surface area contributed by atoms with Gasteiger partial charge in [-0.2, -0.15) is 0 Å². The summed E-state index contributed by atoms with van der Waals surface area (Å²) in [6.07, 6.45) is 5.12. The largest absolute Gasteiger partial charge is 0.377 e. The van der Waals surface area contributed by atoms with E-state index in [2.05, 4.69) is 12.2 Å². The summed E-state index contributed by atoms with van der Waals surface area (Å²) in [6.45, 7) is 6.56. The number of piperidine rings is 1. The van der Waals surface area contributed by atoms with Crippen molar-refractivity contribution >= 4 is 0 Å². The van der Waals surface area contributed by atoms with Crippen LogP contribution < -0.4 is 5.32 Å². The molecule has 14 heavy (non-hydrogen) atoms. The van der Waals surface area contributed by atoms with Crippen LogP contribution in [0.1, 0.15) is 32.6 Å². The van der Waals surface area contributed by atoms with Gasteiger partial charge in [0.05, 0.1) is 6.61 Å². The van der Waals surface area contributed by atoms with Gasteiger partial charge in [-0.1, -0.05) is 5.57 Å². The molecule has 2 fully saturated rings. The first kappa shape index (κ1) is 10.2. The highest BCUT2D eigenvalue weighted by Gasteiger charge is 2.18. The minimum atomic E-state index is 0.827. The monoisotopic (exact) mass is 195 g/mol. The standard InChI is InChI=1S/C12H21NO/c1-10(11-4-6-13-7-5-11)12-3-2-8-14-9-12/h11,13H,2-9H2,1H3/b12-10+. The molecule has 2 aliphatic rings. The van der Waals surface area contributed by atoms with Gasteiger partial charge in [-0.05, 0) is 57.2 Å². The Labute approximate surface area is 86.7 Å². The lowest BCUT2D eigenvalue weighted by Crippen LogP contribution is -2.29. The molecule has 0 spiro atoms. The van der Waals surface area contributed by atoms with Crippen molar-refractivity contribution in [2.75, 3.05) is 26.3 Å². The Morgan fingerprint density at radius 3 is 2.79 bits per heavy atom. The summed E-state index contributed by atoms with van der Waals surface area (Å²) in [5.74, 6) is 0.827. The Balaban J connectivity index is 1.99. The lowest BCUT2D eigenvalue weighted by molar-refractivity contribution is 0.128. The molecule has 0 aromatic rings. The molecule has 1 N–H and O–H groups in total. The van der Waals surface area contributed by atoms with Crippen LogP contribution in [0.2, 0.25) is 0 Å². The van der Waals surface area contributed by atoms with E-state index in [4.69, 9.17) is 4.74 Å². The molecular formula is C12H21NO. The molecule has 2 aliphatic heterocycles. The highest BCUT2D eigenvalue weighted by atomic mass is 16.5. The van der Waals surface area contributed by atoms with Crippen LogP contribution in [-0.2, 0) is 4.74 Å². The normalized spacial score (nSPS) is 28.9. The molecule has 0 amide bonds. The van der Waals surface area contributed by atoms with Crippen molar-refractivity contribution < 1.29 is 4.74 Å². The zero-order valence-electron chi connectivity index (χ0n) is 9.14. The Morgan fingerprint density at radius 1 is 1.36 bits per heavy atom. The van der Waals surface area contributed by atoms with Crippen LogP contribution in [0, 0.1) is 5.92 Å². The lowest BCUT2D eigenvalue weighted by atomic mass is 9.86. The summed E-state index contributed by atoms with van der Waals surface area (Å²) in [5, 5.41) is 3.42. The number of nitrogens with one attached hydrogen (secondary N) is 1. The topological polar surface area (TPSA) is 21.3 Å². The van der Waals surface area contributed by atoms with Gasteiger partial charge in [-0.3, -0.25) is 0 Å². The third-order valence-corrected chi connectivity index (χ3v) is 3.55. The fourth-order valence-corrected chi connectivity index (χ4v) is 2.51. The third kappa shape index (κ3) is 2.37. The fraction of sp³-hybridized carbons (Fsp3) is 0.833. The van der Waals surface area contributed by atoms with Gasteiger partial charge in [0, 0.05) is 6.61 Å². The van der Waals surface area contributed by atoms with E-state index < -0.39 is 0 Å². The number of ether oxygens (including phenoxy) is 1. The summed E-state index contributed by atoms with van der Waals surface area (Å²) in [7, 11) is 0. The lowest BCUT2D eigenvalue weighted by Gasteiger charge is -2.27. The van der Waals surface area contributed by atoms with Crippen molar-refractivity contribution in [2.24, 2.45) is 5.92 Å². The zero-order valence-corrected chi connectivity index (χ0v) is 9.14. The number of allylic oxidation sites excluding steroid dienone is 1. The molecule has 2 rings (SSSR count). The Morgan fingerprint density at radius 2 is 2.14 bits per heavy atom. The summed E-state index contributed by atoms with van der Waals surface area (Å²) in [4.78, 5) is 0. The predicted molar refractivity (Wildman–Crippen MR) is 58.3 cm³/mol. The van der Waals surface area contributed by atoms with Gasteiger partial charge in [0.25, 0.3) is 0 Å². The second kappa shape index (κ2) is 4.94. The van der Waals surface area contributed by atoms with Crippen molar-refractivity contribution in [3.8, 4) is 0 Å². The summed E-state index contributed by atoms with van der Waals surface area (Å²) in [6, 6.07) is 0. The van der Waals surface area contributed by atoms with E-state index in [9.17, 15) is 0 Å². The Hall–Kier alpha value is -0.340. The van der Waals surface area contributed by atoms with E-state index in [0.29, 0.717) is 0 Å². The number of hydrogen-bond donors (Lipinski definition) is 1. The number of hydrogen-bond acceptors (Lipinski definition) is 2. The van der Waals surface area contributed by atoms with Crippen molar-refractivity contribution in [1.29, 1.82) is 0 Å². The van der Waals surface area contributed by atoms with Gasteiger partial charge in [0.1, 0.15) is 0 Å². The molecule has 2 saturated heterocycles. The van der Waals surface area contributed by atoms with Crippen molar-refractivity contribution in [1.82, 2.24) is 5.32 Å². The summed E-state index contributed by atoms with van der Waals surface area (Å²) < 4.78 is 5.52. The molecule has 2 heterocycles. The maximum Gasteiger partial charge on any atom is 0.0679 e. The first-order chi connectivity index (χ1) is 6.88. The van der Waals surface area contributed by atoms with Crippen LogP contribution in [0.3, 0.4) is 0 Å². The molecule has 0 bridgehead atoms. The molecule has 0 unspecified atom stereocenters. The minimum Gasteiger partial charge on any atom is -0.377 e. The SMILES string of the molecule is C/C(=C1/CCCOC1)C1CCNCC1. The van der Waals surface area contributed by atoms with Crippen LogP contribution in [0.4, 0.5) is 0 Å². The second-order valence-electron chi connectivity index (χ2n) is 4.47. The average Bonchev–Trinajstić information content (AvgIpc) is 2.30. The molecule has 0 atom stereocenters. The first-order valence-electron chi connectivity index (χ1n) is 5.85. The van der Waals surface area contributed by atoms with Gasteiger partial charge in [0.15, 0.2) is 0 Å². The molecule has 2 nitrogen and oxygen atoms in total. The molecule has 0 aromatic carbocycles. The van der Waals surface area contributed by atoms with Crippen molar-refractivity contribution in [3.63, 3.8) is 0 Å². The molecule has 80 valence electrons. The smallest absolute Gasteiger partial charge is 0.0679 e. The average molecular weight is 195 g/mol. The molecule has 0 radical (unpaired) electrons. The highest BCUT2D eigenvalue weighted by Crippen LogP contribution is 2.27. The van der Waals surface area contributed by atoms with Crippen molar-refractivity contribution in [3.05, 3.63) is 11.1 Å². The van der Waals surface area contributed by atoms with E-state index in [-0.39, 0.29) is 0 Å². The van der Waals surface area contributed by atoms with Crippen LogP contribution in [-0.4, -0.2) is 26.3 Å². The van der Waals surface area contributed by atoms with E-state index in [0.717, 1.165) is 19.1 Å².